The first-order valence-corrected chi connectivity index (χ1v) is 7.43. The number of nitrogens with zero attached hydrogens (tertiary/aromatic N) is 4. The van der Waals surface area contributed by atoms with Crippen molar-refractivity contribution in [3.05, 3.63) is 78.8 Å². The molecule has 0 atom stereocenters. The molecule has 0 radical (unpaired) electrons. The zero-order chi connectivity index (χ0) is 16.4. The third-order valence-corrected chi connectivity index (χ3v) is 3.61. The van der Waals surface area contributed by atoms with Gasteiger partial charge in [0.1, 0.15) is 17.4 Å². The van der Waals surface area contributed by atoms with E-state index in [2.05, 4.69) is 20.4 Å². The summed E-state index contributed by atoms with van der Waals surface area (Å²) in [6, 6.07) is 18.7. The van der Waals surface area contributed by atoms with E-state index < -0.39 is 0 Å². The largest absolute Gasteiger partial charge is 0.303 e. The molecule has 0 aliphatic heterocycles. The first-order valence-electron chi connectivity index (χ1n) is 7.43. The normalized spacial score (nSPS) is 10.7. The van der Waals surface area contributed by atoms with E-state index in [0.29, 0.717) is 16.9 Å². The lowest BCUT2D eigenvalue weighted by atomic mass is 10.2. The maximum atomic E-state index is 12.4. The van der Waals surface area contributed by atoms with E-state index in [1.807, 2.05) is 48.5 Å². The van der Waals surface area contributed by atoms with Crippen molar-refractivity contribution in [2.45, 2.75) is 0 Å². The van der Waals surface area contributed by atoms with Crippen molar-refractivity contribution in [3.63, 3.8) is 0 Å². The Balaban J connectivity index is 1.78. The van der Waals surface area contributed by atoms with E-state index in [9.17, 15) is 4.79 Å². The summed E-state index contributed by atoms with van der Waals surface area (Å²) in [6.07, 6.45) is 3.12. The third kappa shape index (κ3) is 2.50. The second-order valence-electron chi connectivity index (χ2n) is 5.17. The summed E-state index contributed by atoms with van der Waals surface area (Å²) >= 11 is 0. The Labute approximate surface area is 137 Å². The van der Waals surface area contributed by atoms with E-state index >= 15 is 0 Å². The van der Waals surface area contributed by atoms with Gasteiger partial charge in [-0.2, -0.15) is 0 Å². The van der Waals surface area contributed by atoms with Crippen LogP contribution in [0.2, 0.25) is 0 Å². The second kappa shape index (κ2) is 5.92. The molecule has 0 saturated heterocycles. The van der Waals surface area contributed by atoms with Gasteiger partial charge in [-0.1, -0.05) is 36.4 Å². The fourth-order valence-electron chi connectivity index (χ4n) is 2.48. The van der Waals surface area contributed by atoms with Crippen LogP contribution in [-0.2, 0) is 0 Å². The molecule has 4 aromatic rings. The lowest BCUT2D eigenvalue weighted by molar-refractivity contribution is 0.102. The van der Waals surface area contributed by atoms with Crippen LogP contribution < -0.4 is 5.32 Å². The average molecular weight is 315 g/mol. The predicted octanol–water partition coefficient (Wildman–Crippen LogP) is 3.07. The number of hydrogen-bond donors (Lipinski definition) is 1. The molecule has 0 spiro atoms. The monoisotopic (exact) mass is 315 g/mol. The Hall–Kier alpha value is -3.54. The first kappa shape index (κ1) is 14.1. The SMILES string of the molecule is O=C(Nc1nn(-c2ccccc2)c2cncnc12)c1ccccc1. The zero-order valence-corrected chi connectivity index (χ0v) is 12.6. The van der Waals surface area contributed by atoms with Gasteiger partial charge in [0.05, 0.1) is 11.9 Å². The number of para-hydroxylation sites is 1. The average Bonchev–Trinajstić information content (AvgIpc) is 3.02. The van der Waals surface area contributed by atoms with Gasteiger partial charge in [-0.15, -0.1) is 5.10 Å². The molecule has 116 valence electrons. The van der Waals surface area contributed by atoms with Crippen LogP contribution >= 0.6 is 0 Å². The van der Waals surface area contributed by atoms with Gasteiger partial charge < -0.3 is 5.32 Å². The third-order valence-electron chi connectivity index (χ3n) is 3.61. The van der Waals surface area contributed by atoms with E-state index in [4.69, 9.17) is 0 Å². The van der Waals surface area contributed by atoms with Gasteiger partial charge in [-0.05, 0) is 24.3 Å². The van der Waals surface area contributed by atoms with Crippen LogP contribution in [0.25, 0.3) is 16.7 Å². The van der Waals surface area contributed by atoms with Gasteiger partial charge in [-0.25, -0.2) is 14.6 Å². The van der Waals surface area contributed by atoms with Gasteiger partial charge in [0.15, 0.2) is 5.82 Å². The number of anilines is 1. The molecular weight excluding hydrogens is 302 g/mol. The van der Waals surface area contributed by atoms with Gasteiger partial charge in [0.25, 0.3) is 5.91 Å². The number of amides is 1. The van der Waals surface area contributed by atoms with Crippen molar-refractivity contribution in [2.75, 3.05) is 5.32 Å². The van der Waals surface area contributed by atoms with Crippen molar-refractivity contribution in [1.29, 1.82) is 0 Å². The summed E-state index contributed by atoms with van der Waals surface area (Å²) in [7, 11) is 0. The molecule has 0 fully saturated rings. The van der Waals surface area contributed by atoms with Crippen LogP contribution in [0.5, 0.6) is 0 Å². The molecule has 4 rings (SSSR count). The standard InChI is InChI=1S/C18H13N5O/c24-18(13-7-3-1-4-8-13)21-17-16-15(11-19-12-20-16)23(22-17)14-9-5-2-6-10-14/h1-12H,(H,21,22,24). The fourth-order valence-corrected chi connectivity index (χ4v) is 2.48. The minimum Gasteiger partial charge on any atom is -0.303 e. The molecule has 0 saturated carbocycles. The number of nitrogens with one attached hydrogen (secondary N) is 1. The molecule has 6 heteroatoms. The molecular formula is C18H13N5O. The van der Waals surface area contributed by atoms with E-state index in [-0.39, 0.29) is 5.91 Å². The summed E-state index contributed by atoms with van der Waals surface area (Å²) in [6.45, 7) is 0. The van der Waals surface area contributed by atoms with Crippen molar-refractivity contribution in [1.82, 2.24) is 19.7 Å². The van der Waals surface area contributed by atoms with Crippen LogP contribution in [0, 0.1) is 0 Å². The van der Waals surface area contributed by atoms with E-state index in [1.54, 1.807) is 23.0 Å². The molecule has 0 unspecified atom stereocenters. The number of carbonyl (C=O) groups excluding carboxylic acids is 1. The highest BCUT2D eigenvalue weighted by atomic mass is 16.1. The predicted molar refractivity (Wildman–Crippen MR) is 91.1 cm³/mol. The summed E-state index contributed by atoms with van der Waals surface area (Å²) in [5.41, 5.74) is 2.76. The first-order chi connectivity index (χ1) is 11.8. The van der Waals surface area contributed by atoms with E-state index in [1.165, 1.54) is 6.33 Å². The van der Waals surface area contributed by atoms with Crippen molar-refractivity contribution in [2.24, 2.45) is 0 Å². The van der Waals surface area contributed by atoms with Crippen molar-refractivity contribution < 1.29 is 4.79 Å². The Morgan fingerprint density at radius 1 is 0.958 bits per heavy atom. The molecule has 1 N–H and O–H groups in total. The van der Waals surface area contributed by atoms with Crippen LogP contribution in [0.1, 0.15) is 10.4 Å². The summed E-state index contributed by atoms with van der Waals surface area (Å²) in [4.78, 5) is 20.7. The van der Waals surface area contributed by atoms with Gasteiger partial charge in [0.2, 0.25) is 0 Å². The van der Waals surface area contributed by atoms with E-state index in [0.717, 1.165) is 11.2 Å². The zero-order valence-electron chi connectivity index (χ0n) is 12.6. The van der Waals surface area contributed by atoms with Crippen LogP contribution in [0.4, 0.5) is 5.82 Å². The number of hydrogen-bond acceptors (Lipinski definition) is 4. The van der Waals surface area contributed by atoms with Crippen LogP contribution in [0.15, 0.2) is 73.2 Å². The number of fused-ring (bicyclic) bond motifs is 1. The van der Waals surface area contributed by atoms with Crippen molar-refractivity contribution >= 4 is 22.8 Å². The quantitative estimate of drug-likeness (QED) is 0.630. The molecule has 1 amide bonds. The second-order valence-corrected chi connectivity index (χ2v) is 5.17. The minimum atomic E-state index is -0.228. The molecule has 0 aliphatic rings. The summed E-state index contributed by atoms with van der Waals surface area (Å²) < 4.78 is 1.72. The molecule has 0 bridgehead atoms. The molecule has 2 heterocycles. The van der Waals surface area contributed by atoms with Crippen molar-refractivity contribution in [3.8, 4) is 5.69 Å². The number of benzene rings is 2. The van der Waals surface area contributed by atoms with Gasteiger partial charge >= 0.3 is 0 Å². The Kier molecular flexibility index (Phi) is 3.47. The molecule has 2 aromatic carbocycles. The fraction of sp³-hybridized carbons (Fsp3) is 0. The molecule has 24 heavy (non-hydrogen) atoms. The Morgan fingerprint density at radius 2 is 1.67 bits per heavy atom. The lowest BCUT2D eigenvalue weighted by Crippen LogP contribution is -2.12. The van der Waals surface area contributed by atoms with Gasteiger partial charge in [0, 0.05) is 5.56 Å². The molecule has 6 nitrogen and oxygen atoms in total. The highest BCUT2D eigenvalue weighted by molar-refractivity contribution is 6.07. The highest BCUT2D eigenvalue weighted by Crippen LogP contribution is 2.23. The minimum absolute atomic E-state index is 0.228. The summed E-state index contributed by atoms with van der Waals surface area (Å²) in [5, 5.41) is 7.34. The topological polar surface area (TPSA) is 72.7 Å². The Bertz CT molecular complexity index is 996. The maximum absolute atomic E-state index is 12.4. The highest BCUT2D eigenvalue weighted by Gasteiger charge is 2.16. The van der Waals surface area contributed by atoms with Crippen LogP contribution in [-0.4, -0.2) is 25.7 Å². The Morgan fingerprint density at radius 3 is 2.42 bits per heavy atom. The molecule has 2 aromatic heterocycles. The number of rotatable bonds is 3. The van der Waals surface area contributed by atoms with Gasteiger partial charge in [-0.3, -0.25) is 4.79 Å². The maximum Gasteiger partial charge on any atom is 0.256 e. The van der Waals surface area contributed by atoms with Crippen LogP contribution in [0.3, 0.4) is 0 Å². The smallest absolute Gasteiger partial charge is 0.256 e. The summed E-state index contributed by atoms with van der Waals surface area (Å²) in [5.74, 6) is 0.180. The lowest BCUT2D eigenvalue weighted by Gasteiger charge is -2.02. The number of aromatic nitrogens is 4. The molecule has 0 aliphatic carbocycles. The number of carbonyl (C=O) groups is 1.